The summed E-state index contributed by atoms with van der Waals surface area (Å²) in [6.07, 6.45) is 0.319. The molecule has 2 amide bonds. The maximum Gasteiger partial charge on any atom is 0.408 e. The summed E-state index contributed by atoms with van der Waals surface area (Å²) >= 11 is 2.02. The number of amides is 2. The van der Waals surface area contributed by atoms with E-state index < -0.39 is 17.6 Å². The second-order valence-electron chi connectivity index (χ2n) is 8.49. The van der Waals surface area contributed by atoms with Crippen LogP contribution in [0.25, 0.3) is 11.1 Å². The first-order valence-electron chi connectivity index (χ1n) is 10.9. The van der Waals surface area contributed by atoms with Gasteiger partial charge < -0.3 is 20.5 Å². The number of anilines is 1. The van der Waals surface area contributed by atoms with Crippen LogP contribution < -0.4 is 10.6 Å². The summed E-state index contributed by atoms with van der Waals surface area (Å²) in [4.78, 5) is 36.8. The monoisotopic (exact) mass is 568 g/mol. The molecule has 1 saturated carbocycles. The Morgan fingerprint density at radius 2 is 1.59 bits per heavy atom. The Hall–Kier alpha value is -3.40. The molecule has 8 heteroatoms. The molecular weight excluding hydrogens is 547 g/mol. The first-order valence-corrected chi connectivity index (χ1v) is 11.9. The molecule has 3 N–H and O–H groups in total. The third kappa shape index (κ3) is 4.13. The lowest BCUT2D eigenvalue weighted by molar-refractivity contribution is -0.119. The molecule has 3 aromatic rings. The number of fused-ring (bicyclic) bond motifs is 3. The van der Waals surface area contributed by atoms with Crippen LogP contribution in [0.3, 0.4) is 0 Å². The molecule has 0 bridgehead atoms. The molecule has 172 valence electrons. The topological polar surface area (TPSA) is 105 Å². The van der Waals surface area contributed by atoms with Gasteiger partial charge in [0.05, 0.1) is 11.3 Å². The van der Waals surface area contributed by atoms with Crippen LogP contribution in [-0.4, -0.2) is 35.2 Å². The number of nitrogens with one attached hydrogen (secondary N) is 2. The summed E-state index contributed by atoms with van der Waals surface area (Å²) in [5, 5.41) is 14.7. The molecule has 0 aliphatic heterocycles. The molecule has 2 aliphatic carbocycles. The molecule has 34 heavy (non-hydrogen) atoms. The van der Waals surface area contributed by atoms with Gasteiger partial charge in [-0.25, -0.2) is 9.59 Å². The number of carbonyl (C=O) groups is 3. The summed E-state index contributed by atoms with van der Waals surface area (Å²) in [6, 6.07) is 20.7. The van der Waals surface area contributed by atoms with Gasteiger partial charge in [-0.05, 0) is 75.9 Å². The lowest BCUT2D eigenvalue weighted by Gasteiger charge is -2.19. The standard InChI is InChI=1S/C26H21IN2O5/c27-21-10-9-15(23(30)31)13-22(21)28-24(32)26(11-12-26)29-25(33)34-14-20-18-7-3-1-5-16(18)17-6-2-4-8-19(17)20/h1-10,13,20H,11-12,14H2,(H,28,32)(H,29,33)(H,30,31). The van der Waals surface area contributed by atoms with Gasteiger partial charge in [-0.2, -0.15) is 0 Å². The van der Waals surface area contributed by atoms with Crippen LogP contribution in [0.1, 0.15) is 40.2 Å². The van der Waals surface area contributed by atoms with Gasteiger partial charge in [0.2, 0.25) is 5.91 Å². The molecule has 2 aliphatic rings. The zero-order valence-electron chi connectivity index (χ0n) is 18.0. The van der Waals surface area contributed by atoms with E-state index in [9.17, 15) is 19.5 Å². The second kappa shape index (κ2) is 8.75. The predicted molar refractivity (Wildman–Crippen MR) is 135 cm³/mol. The Labute approximate surface area is 209 Å². The number of benzene rings is 3. The van der Waals surface area contributed by atoms with Gasteiger partial charge in [0, 0.05) is 9.49 Å². The Balaban J connectivity index is 1.25. The lowest BCUT2D eigenvalue weighted by atomic mass is 9.98. The maximum atomic E-state index is 12.9. The van der Waals surface area contributed by atoms with Gasteiger partial charge in [-0.3, -0.25) is 4.79 Å². The largest absolute Gasteiger partial charge is 0.478 e. The number of hydrogen-bond acceptors (Lipinski definition) is 4. The summed E-state index contributed by atoms with van der Waals surface area (Å²) in [5.74, 6) is -1.53. The third-order valence-corrected chi connectivity index (χ3v) is 7.27. The minimum atomic E-state index is -1.08. The molecule has 5 rings (SSSR count). The number of halogens is 1. The van der Waals surface area contributed by atoms with Gasteiger partial charge in [-0.1, -0.05) is 48.5 Å². The number of aromatic carboxylic acids is 1. The van der Waals surface area contributed by atoms with E-state index in [1.165, 1.54) is 12.1 Å². The smallest absolute Gasteiger partial charge is 0.408 e. The van der Waals surface area contributed by atoms with Crippen molar-refractivity contribution in [3.63, 3.8) is 0 Å². The van der Waals surface area contributed by atoms with Gasteiger partial charge in [0.1, 0.15) is 12.1 Å². The molecule has 0 atom stereocenters. The fraction of sp³-hybridized carbons (Fsp3) is 0.192. The van der Waals surface area contributed by atoms with E-state index in [1.54, 1.807) is 6.07 Å². The normalized spacial score (nSPS) is 15.1. The Kier molecular flexibility index (Phi) is 5.76. The van der Waals surface area contributed by atoms with Crippen molar-refractivity contribution in [3.8, 4) is 11.1 Å². The molecule has 0 aromatic heterocycles. The number of carbonyl (C=O) groups excluding carboxylic acids is 2. The van der Waals surface area contributed by atoms with Crippen LogP contribution >= 0.6 is 22.6 Å². The third-order valence-electron chi connectivity index (χ3n) is 6.33. The number of carboxylic acids is 1. The Morgan fingerprint density at radius 1 is 0.971 bits per heavy atom. The van der Waals surface area contributed by atoms with Crippen LogP contribution in [0.5, 0.6) is 0 Å². The van der Waals surface area contributed by atoms with Crippen LogP contribution in [0.15, 0.2) is 66.7 Å². The minimum Gasteiger partial charge on any atom is -0.478 e. The number of hydrogen-bond donors (Lipinski definition) is 3. The van der Waals surface area contributed by atoms with Crippen molar-refractivity contribution < 1.29 is 24.2 Å². The molecule has 0 spiro atoms. The first-order chi connectivity index (χ1) is 16.4. The Bertz CT molecular complexity index is 1270. The van der Waals surface area contributed by atoms with Crippen molar-refractivity contribution in [2.24, 2.45) is 0 Å². The summed E-state index contributed by atoms with van der Waals surface area (Å²) in [7, 11) is 0. The molecule has 3 aromatic carbocycles. The van der Waals surface area contributed by atoms with Gasteiger partial charge in [-0.15, -0.1) is 0 Å². The van der Waals surface area contributed by atoms with Crippen LogP contribution in [0, 0.1) is 3.57 Å². The summed E-state index contributed by atoms with van der Waals surface area (Å²) in [6.45, 7) is 0.163. The average Bonchev–Trinajstić information content (AvgIpc) is 3.54. The van der Waals surface area contributed by atoms with Crippen LogP contribution in [-0.2, 0) is 9.53 Å². The number of ether oxygens (including phenoxy) is 1. The van der Waals surface area contributed by atoms with Crippen molar-refractivity contribution in [2.75, 3.05) is 11.9 Å². The van der Waals surface area contributed by atoms with Gasteiger partial charge in [0.25, 0.3) is 0 Å². The highest BCUT2D eigenvalue weighted by Crippen LogP contribution is 2.44. The molecule has 1 fully saturated rings. The molecule has 0 heterocycles. The van der Waals surface area contributed by atoms with Crippen molar-refractivity contribution in [1.29, 1.82) is 0 Å². The predicted octanol–water partition coefficient (Wildman–Crippen LogP) is 5.00. The van der Waals surface area contributed by atoms with Crippen LogP contribution in [0.4, 0.5) is 10.5 Å². The summed E-state index contributed by atoms with van der Waals surface area (Å²) < 4.78 is 6.28. The highest BCUT2D eigenvalue weighted by atomic mass is 127. The second-order valence-corrected chi connectivity index (χ2v) is 9.65. The van der Waals surface area contributed by atoms with E-state index in [0.29, 0.717) is 22.1 Å². The summed E-state index contributed by atoms with van der Waals surface area (Å²) in [5.41, 5.74) is 3.93. The van der Waals surface area contributed by atoms with E-state index in [-0.39, 0.29) is 24.0 Å². The quantitative estimate of drug-likeness (QED) is 0.364. The average molecular weight is 568 g/mol. The fourth-order valence-corrected chi connectivity index (χ4v) is 4.83. The molecule has 7 nitrogen and oxygen atoms in total. The zero-order valence-corrected chi connectivity index (χ0v) is 20.2. The van der Waals surface area contributed by atoms with Crippen molar-refractivity contribution in [3.05, 3.63) is 87.0 Å². The molecule has 0 unspecified atom stereocenters. The van der Waals surface area contributed by atoms with E-state index in [4.69, 9.17) is 4.74 Å². The van der Waals surface area contributed by atoms with Crippen LogP contribution in [0.2, 0.25) is 0 Å². The van der Waals surface area contributed by atoms with E-state index in [2.05, 4.69) is 22.8 Å². The van der Waals surface area contributed by atoms with E-state index >= 15 is 0 Å². The van der Waals surface area contributed by atoms with Crippen molar-refractivity contribution in [1.82, 2.24) is 5.32 Å². The number of alkyl carbamates (subject to hydrolysis) is 1. The van der Waals surface area contributed by atoms with Gasteiger partial charge in [0.15, 0.2) is 0 Å². The SMILES string of the molecule is O=C(NC1(C(=O)Nc2cc(C(=O)O)ccc2I)CC1)OCC1c2ccccc2-c2ccccc21. The fourth-order valence-electron chi connectivity index (χ4n) is 4.36. The Morgan fingerprint density at radius 3 is 2.18 bits per heavy atom. The van der Waals surface area contributed by atoms with E-state index in [0.717, 1.165) is 22.3 Å². The maximum absolute atomic E-state index is 12.9. The zero-order chi connectivity index (χ0) is 23.9. The van der Waals surface area contributed by atoms with Crippen molar-refractivity contribution >= 4 is 46.2 Å². The number of rotatable bonds is 6. The molecule has 0 saturated heterocycles. The van der Waals surface area contributed by atoms with E-state index in [1.807, 2.05) is 59.0 Å². The van der Waals surface area contributed by atoms with Gasteiger partial charge >= 0.3 is 12.1 Å². The molecule has 0 radical (unpaired) electrons. The molecular formula is C26H21IN2O5. The first kappa shape index (κ1) is 22.4. The number of carboxylic acid groups (broad SMARTS) is 1. The minimum absolute atomic E-state index is 0.0672. The highest BCUT2D eigenvalue weighted by Gasteiger charge is 2.52. The van der Waals surface area contributed by atoms with Crippen molar-refractivity contribution in [2.45, 2.75) is 24.3 Å². The highest BCUT2D eigenvalue weighted by molar-refractivity contribution is 14.1. The lowest BCUT2D eigenvalue weighted by Crippen LogP contribution is -2.46.